The van der Waals surface area contributed by atoms with E-state index < -0.39 is 68.0 Å². The van der Waals surface area contributed by atoms with Crippen LogP contribution in [-0.2, 0) is 26.4 Å². The van der Waals surface area contributed by atoms with Crippen molar-refractivity contribution in [3.05, 3.63) is 88.7 Å². The van der Waals surface area contributed by atoms with Crippen molar-refractivity contribution in [2.45, 2.75) is 89.0 Å². The highest BCUT2D eigenvalue weighted by atomic mass is 32.2. The van der Waals surface area contributed by atoms with Gasteiger partial charge in [0.25, 0.3) is 0 Å². The molecule has 53 heavy (non-hydrogen) atoms. The lowest BCUT2D eigenvalue weighted by molar-refractivity contribution is 0.0484. The maximum atomic E-state index is 14.8. The molecule has 1 saturated heterocycles. The van der Waals surface area contributed by atoms with Gasteiger partial charge in [-0.05, 0) is 113 Å². The number of hydrogen-bond donors (Lipinski definition) is 2. The number of carbonyl (C=O) groups is 2. The second kappa shape index (κ2) is 14.1. The first-order valence-corrected chi connectivity index (χ1v) is 19.8. The molecule has 2 aliphatic heterocycles. The Balaban J connectivity index is 1.16. The number of piperidine rings is 1. The quantitative estimate of drug-likeness (QED) is 0.268. The molecule has 2 N–H and O–H groups in total. The number of urea groups is 1. The number of carbonyl (C=O) groups excluding carboxylic acids is 2. The molecule has 14 heteroatoms. The van der Waals surface area contributed by atoms with Crippen LogP contribution in [0.4, 0.5) is 34.1 Å². The zero-order chi connectivity index (χ0) is 38.5. The molecule has 2 atom stereocenters. The van der Waals surface area contributed by atoms with Gasteiger partial charge in [0.15, 0.2) is 11.6 Å². The third-order valence-electron chi connectivity index (χ3n) is 10.0. The average molecular weight is 757 g/mol. The Hall–Kier alpha value is -4.46. The van der Waals surface area contributed by atoms with Gasteiger partial charge in [-0.25, -0.2) is 31.2 Å². The Morgan fingerprint density at radius 3 is 2.38 bits per heavy atom. The highest BCUT2D eigenvalue weighted by molar-refractivity contribution is 7.90. The fraction of sp³-hybridized carbons (Fsp3) is 0.487. The minimum absolute atomic E-state index is 0.0335. The van der Waals surface area contributed by atoms with Gasteiger partial charge >= 0.3 is 12.1 Å². The number of nitrogens with zero attached hydrogens (tertiary/aromatic N) is 2. The normalized spacial score (nSPS) is 19.5. The van der Waals surface area contributed by atoms with E-state index in [1.165, 1.54) is 12.1 Å². The van der Waals surface area contributed by atoms with Crippen molar-refractivity contribution in [3.8, 4) is 5.75 Å². The van der Waals surface area contributed by atoms with Crippen LogP contribution in [0.15, 0.2) is 54.6 Å². The van der Waals surface area contributed by atoms with Crippen molar-refractivity contribution in [1.29, 1.82) is 0 Å². The Morgan fingerprint density at radius 1 is 1.00 bits per heavy atom. The molecule has 3 aliphatic rings. The molecule has 0 saturated carbocycles. The Bertz CT molecular complexity index is 2010. The van der Waals surface area contributed by atoms with Crippen molar-refractivity contribution >= 4 is 33.3 Å². The molecular formula is C39H47F3N4O6S. The summed E-state index contributed by atoms with van der Waals surface area (Å²) in [7, 11) is -3.55. The van der Waals surface area contributed by atoms with Gasteiger partial charge < -0.3 is 25.0 Å². The second-order valence-corrected chi connectivity index (χ2v) is 18.4. The molecule has 286 valence electrons. The van der Waals surface area contributed by atoms with Crippen LogP contribution in [0.1, 0.15) is 76.6 Å². The summed E-state index contributed by atoms with van der Waals surface area (Å²) >= 11 is 0. The van der Waals surface area contributed by atoms with Crippen LogP contribution in [0.3, 0.4) is 0 Å². The van der Waals surface area contributed by atoms with E-state index in [4.69, 9.17) is 9.47 Å². The van der Waals surface area contributed by atoms with E-state index in [2.05, 4.69) is 15.5 Å². The van der Waals surface area contributed by atoms with Crippen LogP contribution in [0.2, 0.25) is 0 Å². The largest absolute Gasteiger partial charge is 0.484 e. The fourth-order valence-corrected chi connectivity index (χ4v) is 8.76. The summed E-state index contributed by atoms with van der Waals surface area (Å²) in [6, 6.07) is 11.7. The van der Waals surface area contributed by atoms with E-state index in [-0.39, 0.29) is 12.2 Å². The van der Waals surface area contributed by atoms with Crippen molar-refractivity contribution < 1.29 is 40.7 Å². The number of amides is 3. The number of fused-ring (bicyclic) bond motifs is 3. The summed E-state index contributed by atoms with van der Waals surface area (Å²) in [5.41, 5.74) is 1.78. The number of anilines is 2. The second-order valence-electron chi connectivity index (χ2n) is 16.2. The maximum Gasteiger partial charge on any atom is 0.415 e. The maximum absolute atomic E-state index is 14.8. The van der Waals surface area contributed by atoms with Crippen LogP contribution in [0.25, 0.3) is 0 Å². The Labute approximate surface area is 308 Å². The van der Waals surface area contributed by atoms with E-state index in [1.807, 2.05) is 52.8 Å². The first-order chi connectivity index (χ1) is 24.7. The van der Waals surface area contributed by atoms with Crippen LogP contribution in [0, 0.1) is 17.5 Å². The first kappa shape index (κ1) is 38.3. The predicted octanol–water partition coefficient (Wildman–Crippen LogP) is 6.95. The molecule has 6 rings (SSSR count). The molecule has 1 aliphatic carbocycles. The average Bonchev–Trinajstić information content (AvgIpc) is 3.31. The smallest absolute Gasteiger partial charge is 0.415 e. The van der Waals surface area contributed by atoms with E-state index in [9.17, 15) is 31.2 Å². The molecule has 2 heterocycles. The Kier molecular flexibility index (Phi) is 10.2. The molecular weight excluding hydrogens is 710 g/mol. The van der Waals surface area contributed by atoms with Gasteiger partial charge in [0.05, 0.1) is 24.0 Å². The number of rotatable bonds is 7. The summed E-state index contributed by atoms with van der Waals surface area (Å²) < 4.78 is 78.6. The fourth-order valence-electron chi connectivity index (χ4n) is 7.83. The first-order valence-electron chi connectivity index (χ1n) is 17.8. The highest BCUT2D eigenvalue weighted by Gasteiger charge is 2.46. The molecule has 3 amide bonds. The predicted molar refractivity (Wildman–Crippen MR) is 197 cm³/mol. The monoisotopic (exact) mass is 756 g/mol. The molecule has 3 aromatic carbocycles. The minimum Gasteiger partial charge on any atom is -0.484 e. The zero-order valence-electron chi connectivity index (χ0n) is 30.9. The SMILES string of the molecule is CC(C)(C)OC(=O)N1CC(C)(C)Oc2cc(N3CCC4(CC3)CC(NC(=O)N[C@H](Cc3ccc(F)c(F)c3)CS(C)(=O)=O)c3ccc(F)cc34)ccc21. The minimum atomic E-state index is -3.55. The summed E-state index contributed by atoms with van der Waals surface area (Å²) in [5.74, 6) is -2.30. The summed E-state index contributed by atoms with van der Waals surface area (Å²) in [4.78, 5) is 30.4. The van der Waals surface area contributed by atoms with Crippen LogP contribution in [-0.4, -0.2) is 69.4 Å². The number of benzene rings is 3. The topological polar surface area (TPSA) is 117 Å². The van der Waals surface area contributed by atoms with Gasteiger partial charge in [0.2, 0.25) is 0 Å². The van der Waals surface area contributed by atoms with Gasteiger partial charge in [-0.1, -0.05) is 12.1 Å². The number of ether oxygens (including phenoxy) is 2. The lowest BCUT2D eigenvalue weighted by Gasteiger charge is -2.43. The lowest BCUT2D eigenvalue weighted by atomic mass is 9.73. The van der Waals surface area contributed by atoms with Gasteiger partial charge in [-0.3, -0.25) is 4.90 Å². The van der Waals surface area contributed by atoms with E-state index in [1.54, 1.807) is 17.0 Å². The summed E-state index contributed by atoms with van der Waals surface area (Å²) in [6.07, 6.45) is 2.42. The number of hydrogen-bond acceptors (Lipinski definition) is 7. The third kappa shape index (κ3) is 8.85. The standard InChI is InChI=1S/C39H47F3N4O6S/c1-37(2,3)52-36(48)46-23-38(4,5)51-34-20-27(9-12-33(34)46)45-15-13-39(14-16-45)21-32(28-10-8-25(40)19-29(28)39)44-35(47)43-26(22-53(6,49)50)17-24-7-11-30(41)31(42)18-24/h7-12,18-20,26,32H,13-17,21-23H2,1-6H3,(H2,43,44,47)/t26-,32?/m1/s1. The van der Waals surface area contributed by atoms with Crippen LogP contribution >= 0.6 is 0 Å². The third-order valence-corrected chi connectivity index (χ3v) is 11.0. The van der Waals surface area contributed by atoms with Crippen molar-refractivity contribution in [2.24, 2.45) is 0 Å². The van der Waals surface area contributed by atoms with E-state index in [0.717, 1.165) is 35.2 Å². The van der Waals surface area contributed by atoms with Crippen LogP contribution < -0.4 is 25.2 Å². The molecule has 0 aromatic heterocycles. The summed E-state index contributed by atoms with van der Waals surface area (Å²) in [6.45, 7) is 10.9. The van der Waals surface area contributed by atoms with Crippen LogP contribution in [0.5, 0.6) is 5.75 Å². The molecule has 0 bridgehead atoms. The van der Waals surface area contributed by atoms with Crippen molar-refractivity contribution in [3.63, 3.8) is 0 Å². The molecule has 1 spiro atoms. The molecule has 3 aromatic rings. The number of halogens is 3. The molecule has 1 unspecified atom stereocenters. The van der Waals surface area contributed by atoms with Crippen molar-refractivity contribution in [2.75, 3.05) is 41.4 Å². The van der Waals surface area contributed by atoms with E-state index in [0.29, 0.717) is 55.9 Å². The zero-order valence-corrected chi connectivity index (χ0v) is 31.7. The number of nitrogens with one attached hydrogen (secondary N) is 2. The highest BCUT2D eigenvalue weighted by Crippen LogP contribution is 2.52. The Morgan fingerprint density at radius 2 is 1.72 bits per heavy atom. The van der Waals surface area contributed by atoms with Gasteiger partial charge in [0.1, 0.15) is 32.6 Å². The lowest BCUT2D eigenvalue weighted by Crippen LogP contribution is -2.50. The van der Waals surface area contributed by atoms with Gasteiger partial charge in [-0.15, -0.1) is 0 Å². The van der Waals surface area contributed by atoms with Gasteiger partial charge in [0, 0.05) is 42.6 Å². The molecule has 0 radical (unpaired) electrons. The number of sulfone groups is 1. The van der Waals surface area contributed by atoms with Crippen molar-refractivity contribution in [1.82, 2.24) is 10.6 Å². The van der Waals surface area contributed by atoms with Gasteiger partial charge in [-0.2, -0.15) is 0 Å². The summed E-state index contributed by atoms with van der Waals surface area (Å²) in [5, 5.41) is 5.71. The molecule has 10 nitrogen and oxygen atoms in total. The van der Waals surface area contributed by atoms with E-state index >= 15 is 0 Å². The molecule has 1 fully saturated rings.